The molecule has 1 amide bonds. The smallest absolute Gasteiger partial charge is 0.404 e. The number of hydrogen-bond donors (Lipinski definition) is 2. The van der Waals surface area contributed by atoms with Crippen molar-refractivity contribution in [1.82, 2.24) is 5.32 Å². The van der Waals surface area contributed by atoms with Gasteiger partial charge in [-0.25, -0.2) is 4.79 Å². The Kier molecular flexibility index (Phi) is 3.73. The summed E-state index contributed by atoms with van der Waals surface area (Å²) in [4.78, 5) is 10.3. The maximum absolute atomic E-state index is 10.3. The van der Waals surface area contributed by atoms with E-state index in [2.05, 4.69) is 11.9 Å². The Morgan fingerprint density at radius 3 is 2.64 bits per heavy atom. The van der Waals surface area contributed by atoms with Gasteiger partial charge in [-0.2, -0.15) is 0 Å². The van der Waals surface area contributed by atoms with Gasteiger partial charge in [-0.05, 0) is 17.5 Å². The van der Waals surface area contributed by atoms with Crippen molar-refractivity contribution in [3.05, 3.63) is 48.0 Å². The summed E-state index contributed by atoms with van der Waals surface area (Å²) in [6.45, 7) is 4.00. The summed E-state index contributed by atoms with van der Waals surface area (Å²) in [5.41, 5.74) is 2.10. The molecule has 0 radical (unpaired) electrons. The third-order valence-corrected chi connectivity index (χ3v) is 1.91. The third kappa shape index (κ3) is 2.94. The molecule has 14 heavy (non-hydrogen) atoms. The van der Waals surface area contributed by atoms with Gasteiger partial charge in [0, 0.05) is 6.54 Å². The Hall–Kier alpha value is -1.77. The Bertz CT molecular complexity index is 334. The second-order valence-electron chi connectivity index (χ2n) is 2.92. The fourth-order valence-electron chi connectivity index (χ4n) is 1.26. The number of carbonyl (C=O) groups is 1. The highest BCUT2D eigenvalue weighted by atomic mass is 16.4. The molecule has 1 rings (SSSR count). The van der Waals surface area contributed by atoms with Gasteiger partial charge in [0.05, 0.1) is 0 Å². The lowest BCUT2D eigenvalue weighted by atomic mass is 10.0. The number of nitrogens with one attached hydrogen (secondary N) is 1. The molecule has 0 unspecified atom stereocenters. The fourth-order valence-corrected chi connectivity index (χ4v) is 1.26. The highest BCUT2D eigenvalue weighted by Crippen LogP contribution is 2.09. The SMILES string of the molecule is C=CCc1ccccc1CNC(=O)O. The van der Waals surface area contributed by atoms with E-state index in [-0.39, 0.29) is 0 Å². The van der Waals surface area contributed by atoms with E-state index in [1.807, 2.05) is 24.3 Å². The molecule has 0 aromatic heterocycles. The summed E-state index contributed by atoms with van der Waals surface area (Å²) >= 11 is 0. The number of rotatable bonds is 4. The lowest BCUT2D eigenvalue weighted by molar-refractivity contribution is 0.194. The van der Waals surface area contributed by atoms with Crippen LogP contribution in [0.15, 0.2) is 36.9 Å². The number of carboxylic acid groups (broad SMARTS) is 1. The molecule has 0 aliphatic heterocycles. The second kappa shape index (κ2) is 5.07. The van der Waals surface area contributed by atoms with E-state index in [4.69, 9.17) is 5.11 Å². The van der Waals surface area contributed by atoms with Crippen LogP contribution >= 0.6 is 0 Å². The molecule has 0 saturated carbocycles. The van der Waals surface area contributed by atoms with Crippen LogP contribution in [0.2, 0.25) is 0 Å². The van der Waals surface area contributed by atoms with Crippen LogP contribution in [0, 0.1) is 0 Å². The number of amides is 1. The molecular weight excluding hydrogens is 178 g/mol. The molecule has 0 fully saturated rings. The van der Waals surface area contributed by atoms with E-state index < -0.39 is 6.09 Å². The first-order valence-corrected chi connectivity index (χ1v) is 4.38. The number of hydrogen-bond acceptors (Lipinski definition) is 1. The van der Waals surface area contributed by atoms with Gasteiger partial charge in [0.15, 0.2) is 0 Å². The van der Waals surface area contributed by atoms with Crippen LogP contribution < -0.4 is 5.32 Å². The van der Waals surface area contributed by atoms with Crippen LogP contribution in [0.4, 0.5) is 4.79 Å². The molecule has 0 aliphatic carbocycles. The molecule has 1 aromatic carbocycles. The molecule has 3 heteroatoms. The van der Waals surface area contributed by atoms with E-state index >= 15 is 0 Å². The van der Waals surface area contributed by atoms with Crippen LogP contribution in [0.25, 0.3) is 0 Å². The molecule has 0 atom stereocenters. The van der Waals surface area contributed by atoms with Crippen molar-refractivity contribution in [1.29, 1.82) is 0 Å². The van der Waals surface area contributed by atoms with Crippen molar-refractivity contribution in [3.8, 4) is 0 Å². The minimum Gasteiger partial charge on any atom is -0.465 e. The molecule has 0 saturated heterocycles. The van der Waals surface area contributed by atoms with Crippen LogP contribution in [-0.4, -0.2) is 11.2 Å². The van der Waals surface area contributed by atoms with Crippen molar-refractivity contribution in [2.45, 2.75) is 13.0 Å². The summed E-state index contributed by atoms with van der Waals surface area (Å²) in [5, 5.41) is 10.8. The number of benzene rings is 1. The average molecular weight is 191 g/mol. The highest BCUT2D eigenvalue weighted by molar-refractivity contribution is 5.64. The van der Waals surface area contributed by atoms with Crippen LogP contribution in [0.3, 0.4) is 0 Å². The summed E-state index contributed by atoms with van der Waals surface area (Å²) in [5.74, 6) is 0. The minimum atomic E-state index is -1.00. The zero-order valence-corrected chi connectivity index (χ0v) is 7.86. The van der Waals surface area contributed by atoms with Crippen molar-refractivity contribution in [2.24, 2.45) is 0 Å². The molecule has 2 N–H and O–H groups in total. The predicted octanol–water partition coefficient (Wildman–Crippen LogP) is 2.18. The maximum Gasteiger partial charge on any atom is 0.404 e. The van der Waals surface area contributed by atoms with Gasteiger partial charge in [0.25, 0.3) is 0 Å². The monoisotopic (exact) mass is 191 g/mol. The summed E-state index contributed by atoms with van der Waals surface area (Å²) in [7, 11) is 0. The fraction of sp³-hybridized carbons (Fsp3) is 0.182. The van der Waals surface area contributed by atoms with Crippen molar-refractivity contribution in [3.63, 3.8) is 0 Å². The van der Waals surface area contributed by atoms with Gasteiger partial charge < -0.3 is 10.4 Å². The molecule has 3 nitrogen and oxygen atoms in total. The van der Waals surface area contributed by atoms with Crippen LogP contribution in [-0.2, 0) is 13.0 Å². The number of allylic oxidation sites excluding steroid dienone is 1. The normalized spacial score (nSPS) is 9.43. The minimum absolute atomic E-state index is 0.347. The van der Waals surface area contributed by atoms with Gasteiger partial charge >= 0.3 is 6.09 Å². The molecule has 74 valence electrons. The van der Waals surface area contributed by atoms with E-state index in [0.717, 1.165) is 17.5 Å². The Morgan fingerprint density at radius 1 is 1.43 bits per heavy atom. The molecule has 0 aliphatic rings. The van der Waals surface area contributed by atoms with E-state index in [0.29, 0.717) is 6.54 Å². The topological polar surface area (TPSA) is 49.3 Å². The lowest BCUT2D eigenvalue weighted by Crippen LogP contribution is -2.20. The van der Waals surface area contributed by atoms with Crippen LogP contribution in [0.1, 0.15) is 11.1 Å². The van der Waals surface area contributed by atoms with Gasteiger partial charge in [-0.15, -0.1) is 6.58 Å². The Labute approximate surface area is 83.1 Å². The van der Waals surface area contributed by atoms with Crippen molar-refractivity contribution < 1.29 is 9.90 Å². The van der Waals surface area contributed by atoms with Gasteiger partial charge in [0.2, 0.25) is 0 Å². The largest absolute Gasteiger partial charge is 0.465 e. The standard InChI is InChI=1S/C11H13NO2/c1-2-5-9-6-3-4-7-10(9)8-12-11(13)14/h2-4,6-7,12H,1,5,8H2,(H,13,14). The first-order valence-electron chi connectivity index (χ1n) is 4.38. The van der Waals surface area contributed by atoms with Crippen LogP contribution in [0.5, 0.6) is 0 Å². The quantitative estimate of drug-likeness (QED) is 0.716. The van der Waals surface area contributed by atoms with E-state index in [1.165, 1.54) is 0 Å². The maximum atomic E-state index is 10.3. The Morgan fingerprint density at radius 2 is 2.07 bits per heavy atom. The van der Waals surface area contributed by atoms with Crippen molar-refractivity contribution >= 4 is 6.09 Å². The summed E-state index contributed by atoms with van der Waals surface area (Å²) in [6, 6.07) is 7.71. The molecule has 0 heterocycles. The summed E-state index contributed by atoms with van der Waals surface area (Å²) in [6.07, 6.45) is 1.57. The van der Waals surface area contributed by atoms with Gasteiger partial charge in [-0.3, -0.25) is 0 Å². The lowest BCUT2D eigenvalue weighted by Gasteiger charge is -2.06. The van der Waals surface area contributed by atoms with E-state index in [1.54, 1.807) is 6.08 Å². The zero-order chi connectivity index (χ0) is 10.4. The summed E-state index contributed by atoms with van der Waals surface area (Å²) < 4.78 is 0. The predicted molar refractivity (Wildman–Crippen MR) is 55.2 cm³/mol. The zero-order valence-electron chi connectivity index (χ0n) is 7.86. The van der Waals surface area contributed by atoms with Gasteiger partial charge in [0.1, 0.15) is 0 Å². The first kappa shape index (κ1) is 10.3. The molecule has 1 aromatic rings. The third-order valence-electron chi connectivity index (χ3n) is 1.91. The molecule has 0 bridgehead atoms. The average Bonchev–Trinajstić information content (AvgIpc) is 2.17. The molecule has 0 spiro atoms. The first-order chi connectivity index (χ1) is 6.74. The Balaban J connectivity index is 2.73. The molecular formula is C11H13NO2. The second-order valence-corrected chi connectivity index (χ2v) is 2.92. The van der Waals surface area contributed by atoms with Crippen molar-refractivity contribution in [2.75, 3.05) is 0 Å². The van der Waals surface area contributed by atoms with Gasteiger partial charge in [-0.1, -0.05) is 30.3 Å². The van der Waals surface area contributed by atoms with E-state index in [9.17, 15) is 4.79 Å². The highest BCUT2D eigenvalue weighted by Gasteiger charge is 2.01.